The smallest absolute Gasteiger partial charge is 0.342 e. The number of carboxylic acids is 2. The van der Waals surface area contributed by atoms with E-state index in [2.05, 4.69) is 0 Å². The highest BCUT2D eigenvalue weighted by molar-refractivity contribution is 6.07. The molecule has 0 aliphatic rings. The van der Waals surface area contributed by atoms with E-state index in [-0.39, 0.29) is 17.9 Å². The molecule has 3 rings (SSSR count). The van der Waals surface area contributed by atoms with E-state index in [0.717, 1.165) is 0 Å². The number of aromatic nitrogens is 1. The number of carboxylic acid groups (broad SMARTS) is 2. The fourth-order valence-corrected chi connectivity index (χ4v) is 2.93. The van der Waals surface area contributed by atoms with Gasteiger partial charge in [0, 0.05) is 17.7 Å². The molecule has 160 valence electrons. The van der Waals surface area contributed by atoms with Crippen LogP contribution in [0.3, 0.4) is 0 Å². The van der Waals surface area contributed by atoms with Crippen molar-refractivity contribution >= 4 is 17.8 Å². The molecule has 0 aliphatic carbocycles. The number of nitrogens with two attached hydrogens (primary N) is 1. The molecule has 0 unspecified atom stereocenters. The second-order valence-electron chi connectivity index (χ2n) is 6.29. The molecule has 8 nitrogen and oxygen atoms in total. The first-order chi connectivity index (χ1) is 14.6. The number of aromatic amines is 1. The normalized spacial score (nSPS) is 10.7. The number of carbonyl (C=O) groups is 2. The number of anilines is 1. The van der Waals surface area contributed by atoms with E-state index in [1.807, 2.05) is 4.98 Å². The van der Waals surface area contributed by atoms with Gasteiger partial charge in [0.25, 0.3) is 5.56 Å². The average molecular weight is 434 g/mol. The zero-order valence-electron chi connectivity index (χ0n) is 15.4. The second kappa shape index (κ2) is 8.22. The largest absolute Gasteiger partial charge is 0.489 e. The highest BCUT2D eigenvalue weighted by Gasteiger charge is 2.26. The van der Waals surface area contributed by atoms with Crippen LogP contribution >= 0.6 is 0 Å². The zero-order valence-corrected chi connectivity index (χ0v) is 15.4. The molecule has 0 atom stereocenters. The van der Waals surface area contributed by atoms with Gasteiger partial charge in [0.15, 0.2) is 17.5 Å². The van der Waals surface area contributed by atoms with Crippen molar-refractivity contribution in [2.75, 3.05) is 5.73 Å². The van der Waals surface area contributed by atoms with E-state index < -0.39 is 57.5 Å². The molecule has 0 radical (unpaired) electrons. The van der Waals surface area contributed by atoms with Crippen molar-refractivity contribution in [3.63, 3.8) is 0 Å². The minimum absolute atomic E-state index is 0.0326. The SMILES string of the molecule is Nc1[nH]c(=O)c(C(=O)O)c(-c2cccc(COc3cc(F)c(F)c(F)c3)c2)c1C(=O)O. The summed E-state index contributed by atoms with van der Waals surface area (Å²) in [6.07, 6.45) is 0. The number of nitrogens with one attached hydrogen (secondary N) is 1. The first-order valence-corrected chi connectivity index (χ1v) is 8.49. The lowest BCUT2D eigenvalue weighted by Crippen LogP contribution is -2.24. The Kier molecular flexibility index (Phi) is 5.68. The van der Waals surface area contributed by atoms with Crippen molar-refractivity contribution in [1.82, 2.24) is 4.98 Å². The predicted molar refractivity (Wildman–Crippen MR) is 101 cm³/mol. The van der Waals surface area contributed by atoms with Crippen molar-refractivity contribution in [1.29, 1.82) is 0 Å². The molecule has 11 heteroatoms. The van der Waals surface area contributed by atoms with Gasteiger partial charge in [-0.15, -0.1) is 0 Å². The summed E-state index contributed by atoms with van der Waals surface area (Å²) >= 11 is 0. The molecule has 0 saturated carbocycles. The molecule has 3 aromatic rings. The number of hydrogen-bond donors (Lipinski definition) is 4. The molecule has 0 amide bonds. The molecular formula is C20H13F3N2O6. The Morgan fingerprint density at radius 1 is 1.00 bits per heavy atom. The summed E-state index contributed by atoms with van der Waals surface area (Å²) in [4.78, 5) is 37.4. The molecule has 5 N–H and O–H groups in total. The number of halogens is 3. The predicted octanol–water partition coefficient (Wildman–Crippen LogP) is 3.02. The molecule has 2 aromatic carbocycles. The number of H-pyrrole nitrogens is 1. The topological polar surface area (TPSA) is 143 Å². The maximum absolute atomic E-state index is 13.3. The Morgan fingerprint density at radius 2 is 1.61 bits per heavy atom. The van der Waals surface area contributed by atoms with Crippen LogP contribution in [0, 0.1) is 17.5 Å². The monoisotopic (exact) mass is 434 g/mol. The number of pyridine rings is 1. The fourth-order valence-electron chi connectivity index (χ4n) is 2.93. The van der Waals surface area contributed by atoms with Gasteiger partial charge in [-0.2, -0.15) is 0 Å². The summed E-state index contributed by atoms with van der Waals surface area (Å²) in [6, 6.07) is 6.89. The average Bonchev–Trinajstić information content (AvgIpc) is 2.69. The molecule has 0 bridgehead atoms. The van der Waals surface area contributed by atoms with Crippen LogP contribution in [0.5, 0.6) is 5.75 Å². The molecule has 31 heavy (non-hydrogen) atoms. The zero-order chi connectivity index (χ0) is 22.9. The van der Waals surface area contributed by atoms with Crippen LogP contribution in [-0.4, -0.2) is 27.1 Å². The molecule has 0 fully saturated rings. The van der Waals surface area contributed by atoms with Crippen molar-refractivity contribution in [3.05, 3.63) is 80.9 Å². The third kappa shape index (κ3) is 4.20. The summed E-state index contributed by atoms with van der Waals surface area (Å²) in [6.45, 7) is -0.290. The lowest BCUT2D eigenvalue weighted by molar-refractivity contribution is 0.0695. The first kappa shape index (κ1) is 21.4. The van der Waals surface area contributed by atoms with Gasteiger partial charge in [-0.25, -0.2) is 22.8 Å². The molecule has 1 heterocycles. The summed E-state index contributed by atoms with van der Waals surface area (Å²) in [5, 5.41) is 18.9. The van der Waals surface area contributed by atoms with Gasteiger partial charge in [0.2, 0.25) is 0 Å². The molecule has 0 spiro atoms. The summed E-state index contributed by atoms with van der Waals surface area (Å²) in [7, 11) is 0. The lowest BCUT2D eigenvalue weighted by Gasteiger charge is -2.13. The minimum atomic E-state index is -1.67. The summed E-state index contributed by atoms with van der Waals surface area (Å²) < 4.78 is 44.9. The van der Waals surface area contributed by atoms with Gasteiger partial charge >= 0.3 is 11.9 Å². The molecule has 1 aromatic heterocycles. The second-order valence-corrected chi connectivity index (χ2v) is 6.29. The van der Waals surface area contributed by atoms with Gasteiger partial charge in [-0.3, -0.25) is 4.79 Å². The third-order valence-electron chi connectivity index (χ3n) is 4.25. The first-order valence-electron chi connectivity index (χ1n) is 8.49. The number of hydrogen-bond acceptors (Lipinski definition) is 5. The Labute approximate surface area is 171 Å². The number of ether oxygens (including phenoxy) is 1. The van der Waals surface area contributed by atoms with Crippen molar-refractivity contribution in [2.45, 2.75) is 6.61 Å². The van der Waals surface area contributed by atoms with E-state index in [1.165, 1.54) is 24.3 Å². The van der Waals surface area contributed by atoms with Crippen LogP contribution in [0.15, 0.2) is 41.2 Å². The number of benzene rings is 2. The van der Waals surface area contributed by atoms with Gasteiger partial charge in [0.05, 0.1) is 0 Å². The van der Waals surface area contributed by atoms with E-state index in [1.54, 1.807) is 0 Å². The van der Waals surface area contributed by atoms with Crippen molar-refractivity contribution in [3.8, 4) is 16.9 Å². The Balaban J connectivity index is 2.05. The highest BCUT2D eigenvalue weighted by Crippen LogP contribution is 2.30. The van der Waals surface area contributed by atoms with E-state index in [9.17, 15) is 37.8 Å². The van der Waals surface area contributed by atoms with Crippen LogP contribution in [-0.2, 0) is 6.61 Å². The highest BCUT2D eigenvalue weighted by atomic mass is 19.2. The molecular weight excluding hydrogens is 421 g/mol. The molecule has 0 saturated heterocycles. The van der Waals surface area contributed by atoms with Gasteiger partial charge < -0.3 is 25.7 Å². The van der Waals surface area contributed by atoms with Crippen molar-refractivity contribution < 1.29 is 37.7 Å². The standard InChI is InChI=1S/C20H13F3N2O6/c21-11-5-10(6-12(22)16(11)23)31-7-8-2-1-3-9(4-8)13-14(19(27)28)17(24)25-18(26)15(13)20(29)30/h1-6H,7H2,(H,27,28)(H,29,30)(H3,24,25,26). The van der Waals surface area contributed by atoms with Crippen LogP contribution in [0.4, 0.5) is 19.0 Å². The van der Waals surface area contributed by atoms with Crippen LogP contribution < -0.4 is 16.0 Å². The van der Waals surface area contributed by atoms with Crippen LogP contribution in [0.2, 0.25) is 0 Å². The lowest BCUT2D eigenvalue weighted by atomic mass is 9.94. The number of rotatable bonds is 6. The Hall–Kier alpha value is -4.28. The Morgan fingerprint density at radius 3 is 2.19 bits per heavy atom. The summed E-state index contributed by atoms with van der Waals surface area (Å²) in [5.41, 5.74) is 3.00. The fraction of sp³-hybridized carbons (Fsp3) is 0.0500. The maximum Gasteiger partial charge on any atom is 0.342 e. The molecule has 0 aliphatic heterocycles. The minimum Gasteiger partial charge on any atom is -0.489 e. The third-order valence-corrected chi connectivity index (χ3v) is 4.25. The van der Waals surface area contributed by atoms with Gasteiger partial charge in [-0.1, -0.05) is 18.2 Å². The summed E-state index contributed by atoms with van der Waals surface area (Å²) in [5.74, 6) is -8.61. The Bertz CT molecular complexity index is 1250. The van der Waals surface area contributed by atoms with Gasteiger partial charge in [0.1, 0.15) is 29.3 Å². The van der Waals surface area contributed by atoms with Crippen molar-refractivity contribution in [2.24, 2.45) is 0 Å². The van der Waals surface area contributed by atoms with Crippen LogP contribution in [0.25, 0.3) is 11.1 Å². The van der Waals surface area contributed by atoms with E-state index in [4.69, 9.17) is 10.5 Å². The van der Waals surface area contributed by atoms with E-state index in [0.29, 0.717) is 17.7 Å². The van der Waals surface area contributed by atoms with E-state index >= 15 is 0 Å². The quantitative estimate of drug-likeness (QED) is 0.437. The van der Waals surface area contributed by atoms with Crippen LogP contribution in [0.1, 0.15) is 26.3 Å². The van der Waals surface area contributed by atoms with Gasteiger partial charge in [-0.05, 0) is 17.2 Å². The number of nitrogen functional groups attached to an aromatic ring is 1. The maximum atomic E-state index is 13.3. The number of aromatic carboxylic acids is 2.